The van der Waals surface area contributed by atoms with E-state index in [4.69, 9.17) is 0 Å². The lowest BCUT2D eigenvalue weighted by Crippen LogP contribution is -2.47. The molecule has 15 heteroatoms. The summed E-state index contributed by atoms with van der Waals surface area (Å²) in [4.78, 5) is 21.5. The monoisotopic (exact) mass is 489 g/mol. The SMILES string of the molecule is O=C(c1ccc(F)c(F)c1-n1nccn1)N1CCC(F)(F)C1CNc1ncc(C(F)(F)F)cn1. The number of hydrogen-bond donors (Lipinski definition) is 1. The molecule has 1 amide bonds. The molecule has 1 N–H and O–H groups in total. The van der Waals surface area contributed by atoms with Gasteiger partial charge in [0.05, 0.1) is 23.5 Å². The molecule has 1 atom stereocenters. The average molecular weight is 489 g/mol. The Bertz CT molecular complexity index is 1180. The minimum absolute atomic E-state index is 0.364. The van der Waals surface area contributed by atoms with Gasteiger partial charge in [0.15, 0.2) is 11.6 Å². The molecule has 0 spiro atoms. The molecule has 1 aliphatic heterocycles. The summed E-state index contributed by atoms with van der Waals surface area (Å²) in [7, 11) is 0. The molecule has 0 radical (unpaired) electrons. The van der Waals surface area contributed by atoms with E-state index in [0.29, 0.717) is 23.3 Å². The smallest absolute Gasteiger partial charge is 0.352 e. The predicted octanol–water partition coefficient (Wildman–Crippen LogP) is 3.32. The molecule has 1 aliphatic rings. The molecule has 3 heterocycles. The lowest BCUT2D eigenvalue weighted by molar-refractivity contribution is -0.138. The maximum atomic E-state index is 14.6. The van der Waals surface area contributed by atoms with Crippen molar-refractivity contribution in [2.45, 2.75) is 24.6 Å². The van der Waals surface area contributed by atoms with Crippen molar-refractivity contribution in [2.75, 3.05) is 18.4 Å². The first-order valence-corrected chi connectivity index (χ1v) is 9.65. The molecule has 34 heavy (non-hydrogen) atoms. The van der Waals surface area contributed by atoms with Crippen LogP contribution in [0.15, 0.2) is 36.9 Å². The van der Waals surface area contributed by atoms with Crippen molar-refractivity contribution in [1.82, 2.24) is 29.9 Å². The predicted molar refractivity (Wildman–Crippen MR) is 101 cm³/mol. The van der Waals surface area contributed by atoms with Gasteiger partial charge in [-0.1, -0.05) is 0 Å². The van der Waals surface area contributed by atoms with Crippen LogP contribution in [0.3, 0.4) is 0 Å². The molecule has 0 bridgehead atoms. The molecule has 4 rings (SSSR count). The van der Waals surface area contributed by atoms with Crippen LogP contribution in [0.4, 0.5) is 36.7 Å². The second kappa shape index (κ2) is 8.53. The second-order valence-electron chi connectivity index (χ2n) is 7.28. The molecule has 2 aromatic heterocycles. The average Bonchev–Trinajstić information content (AvgIpc) is 3.41. The lowest BCUT2D eigenvalue weighted by atomic mass is 10.1. The van der Waals surface area contributed by atoms with E-state index in [1.807, 2.05) is 0 Å². The summed E-state index contributed by atoms with van der Waals surface area (Å²) in [5.74, 6) is -7.54. The number of benzene rings is 1. The zero-order chi connectivity index (χ0) is 24.7. The van der Waals surface area contributed by atoms with Crippen molar-refractivity contribution >= 4 is 11.9 Å². The molecule has 1 fully saturated rings. The summed E-state index contributed by atoms with van der Waals surface area (Å²) in [5.41, 5.74) is -2.23. The van der Waals surface area contributed by atoms with Crippen LogP contribution < -0.4 is 5.32 Å². The number of alkyl halides is 5. The minimum atomic E-state index is -4.67. The zero-order valence-electron chi connectivity index (χ0n) is 16.9. The van der Waals surface area contributed by atoms with Gasteiger partial charge < -0.3 is 10.2 Å². The number of amides is 1. The Kier molecular flexibility index (Phi) is 5.87. The van der Waals surface area contributed by atoms with E-state index in [0.717, 1.165) is 23.4 Å². The molecule has 180 valence electrons. The topological polar surface area (TPSA) is 88.8 Å². The van der Waals surface area contributed by atoms with Crippen molar-refractivity contribution in [3.63, 3.8) is 0 Å². The van der Waals surface area contributed by atoms with Crippen molar-refractivity contribution in [3.8, 4) is 5.69 Å². The molecule has 1 unspecified atom stereocenters. The fraction of sp³-hybridized carbons (Fsp3) is 0.316. The highest BCUT2D eigenvalue weighted by Crippen LogP contribution is 2.36. The molecular formula is C19H14F7N7O. The van der Waals surface area contributed by atoms with E-state index in [1.54, 1.807) is 0 Å². The fourth-order valence-corrected chi connectivity index (χ4v) is 3.47. The zero-order valence-corrected chi connectivity index (χ0v) is 16.9. The normalized spacial score (nSPS) is 17.7. The van der Waals surface area contributed by atoms with Crippen LogP contribution in [-0.2, 0) is 6.18 Å². The summed E-state index contributed by atoms with van der Waals surface area (Å²) in [6.07, 6.45) is -2.13. The van der Waals surface area contributed by atoms with Gasteiger partial charge in [0.1, 0.15) is 11.7 Å². The quantitative estimate of drug-likeness (QED) is 0.554. The van der Waals surface area contributed by atoms with Crippen molar-refractivity contribution in [3.05, 3.63) is 59.7 Å². The number of anilines is 1. The Labute approximate surface area is 186 Å². The fourth-order valence-electron chi connectivity index (χ4n) is 3.47. The van der Waals surface area contributed by atoms with Crippen LogP contribution in [0.2, 0.25) is 0 Å². The van der Waals surface area contributed by atoms with E-state index in [2.05, 4.69) is 25.5 Å². The second-order valence-corrected chi connectivity index (χ2v) is 7.28. The van der Waals surface area contributed by atoms with Crippen LogP contribution >= 0.6 is 0 Å². The minimum Gasteiger partial charge on any atom is -0.352 e. The highest BCUT2D eigenvalue weighted by atomic mass is 19.4. The summed E-state index contributed by atoms with van der Waals surface area (Å²) >= 11 is 0. The number of nitrogens with one attached hydrogen (secondary N) is 1. The van der Waals surface area contributed by atoms with Gasteiger partial charge in [-0.15, -0.1) is 4.80 Å². The molecule has 0 aliphatic carbocycles. The Balaban J connectivity index is 1.59. The van der Waals surface area contributed by atoms with Crippen LogP contribution in [0.1, 0.15) is 22.3 Å². The van der Waals surface area contributed by atoms with E-state index >= 15 is 0 Å². The number of aromatic nitrogens is 5. The number of halogens is 7. The Hall–Kier alpha value is -3.78. The van der Waals surface area contributed by atoms with Gasteiger partial charge in [0.2, 0.25) is 5.95 Å². The Morgan fingerprint density at radius 2 is 1.76 bits per heavy atom. The van der Waals surface area contributed by atoms with Crippen LogP contribution in [0, 0.1) is 11.6 Å². The number of rotatable bonds is 5. The third kappa shape index (κ3) is 4.36. The first kappa shape index (κ1) is 23.4. The molecule has 1 saturated heterocycles. The third-order valence-corrected chi connectivity index (χ3v) is 5.16. The first-order valence-electron chi connectivity index (χ1n) is 9.65. The molecule has 3 aromatic rings. The maximum absolute atomic E-state index is 14.6. The third-order valence-electron chi connectivity index (χ3n) is 5.16. The lowest BCUT2D eigenvalue weighted by Gasteiger charge is -2.28. The number of hydrogen-bond acceptors (Lipinski definition) is 6. The molecular weight excluding hydrogens is 475 g/mol. The molecule has 8 nitrogen and oxygen atoms in total. The van der Waals surface area contributed by atoms with E-state index in [-0.39, 0.29) is 5.95 Å². The van der Waals surface area contributed by atoms with Crippen LogP contribution in [0.25, 0.3) is 5.69 Å². The van der Waals surface area contributed by atoms with E-state index < -0.39 is 72.0 Å². The van der Waals surface area contributed by atoms with Crippen LogP contribution in [0.5, 0.6) is 0 Å². The van der Waals surface area contributed by atoms with Gasteiger partial charge in [-0.25, -0.2) is 27.5 Å². The first-order chi connectivity index (χ1) is 16.0. The number of carbonyl (C=O) groups is 1. The number of nitrogens with zero attached hydrogens (tertiary/aromatic N) is 6. The highest BCUT2D eigenvalue weighted by Gasteiger charge is 2.51. The van der Waals surface area contributed by atoms with E-state index in [1.165, 1.54) is 0 Å². The molecule has 0 saturated carbocycles. The van der Waals surface area contributed by atoms with Gasteiger partial charge in [-0.3, -0.25) is 4.79 Å². The van der Waals surface area contributed by atoms with Gasteiger partial charge >= 0.3 is 6.18 Å². The van der Waals surface area contributed by atoms with Gasteiger partial charge in [0.25, 0.3) is 11.8 Å². The van der Waals surface area contributed by atoms with Crippen molar-refractivity contribution < 1.29 is 35.5 Å². The highest BCUT2D eigenvalue weighted by molar-refractivity contribution is 5.98. The largest absolute Gasteiger partial charge is 0.419 e. The van der Waals surface area contributed by atoms with Gasteiger partial charge in [0, 0.05) is 31.9 Å². The Morgan fingerprint density at radius 3 is 2.38 bits per heavy atom. The summed E-state index contributed by atoms with van der Waals surface area (Å²) in [5, 5.41) is 9.75. The Morgan fingerprint density at radius 1 is 1.12 bits per heavy atom. The van der Waals surface area contributed by atoms with E-state index in [9.17, 15) is 35.5 Å². The molecule has 1 aromatic carbocycles. The summed E-state index contributed by atoms with van der Waals surface area (Å²) in [6.45, 7) is -1.04. The van der Waals surface area contributed by atoms with Gasteiger partial charge in [-0.2, -0.15) is 23.4 Å². The summed E-state index contributed by atoms with van der Waals surface area (Å²) in [6, 6.07) is -0.177. The number of likely N-dealkylation sites (tertiary alicyclic amines) is 1. The summed E-state index contributed by atoms with van der Waals surface area (Å²) < 4.78 is 95.4. The maximum Gasteiger partial charge on any atom is 0.419 e. The van der Waals surface area contributed by atoms with Crippen LogP contribution in [-0.4, -0.2) is 60.8 Å². The number of carbonyl (C=O) groups excluding carboxylic acids is 1. The standard InChI is InChI=1S/C19H14F7N7O/c20-12-2-1-11(15(14(12)21)33-30-4-5-31-33)16(34)32-6-3-18(22,23)13(32)9-29-17-27-7-10(8-28-17)19(24,25)26/h1-2,4-5,7-8,13H,3,6,9H2,(H,27,28,29). The van der Waals surface area contributed by atoms with Gasteiger partial charge in [-0.05, 0) is 12.1 Å². The van der Waals surface area contributed by atoms with Crippen molar-refractivity contribution in [2.24, 2.45) is 0 Å². The van der Waals surface area contributed by atoms with Crippen molar-refractivity contribution in [1.29, 1.82) is 0 Å².